The van der Waals surface area contributed by atoms with Gasteiger partial charge in [-0.05, 0) is 59.0 Å². The van der Waals surface area contributed by atoms with Gasteiger partial charge in [-0.2, -0.15) is 5.10 Å². The summed E-state index contributed by atoms with van der Waals surface area (Å²) in [5.74, 6) is 3.27. The zero-order valence-corrected chi connectivity index (χ0v) is 31.7. The Labute approximate surface area is 298 Å². The number of anilines is 1. The van der Waals surface area contributed by atoms with Crippen LogP contribution in [-0.2, 0) is 11.3 Å². The Morgan fingerprint density at radius 2 is 1.82 bits per heavy atom. The minimum Gasteiger partial charge on any atom is -0.468 e. The lowest BCUT2D eigenvalue weighted by Gasteiger charge is -2.42. The SMILES string of the molecule is COCOc1cc(-c2nc(N3CC[C@@H]3Cn3cccn3)c3cnc(SC)nc3c2F)c2c(C#C[Si](C(C)C)(C(C)C)C(C)C)c(F)ccc2c1. The fourth-order valence-corrected chi connectivity index (χ4v) is 13.1. The molecule has 1 atom stereocenters. The number of benzene rings is 2. The third kappa shape index (κ3) is 6.47. The molecule has 1 aliphatic rings. The minimum absolute atomic E-state index is 0.0177. The van der Waals surface area contributed by atoms with E-state index >= 15 is 8.78 Å². The maximum absolute atomic E-state index is 17.1. The molecule has 0 aliphatic carbocycles. The topological polar surface area (TPSA) is 78.2 Å². The number of thioether (sulfide) groups is 1. The Bertz CT molecular complexity index is 2060. The van der Waals surface area contributed by atoms with Crippen molar-refractivity contribution >= 4 is 47.3 Å². The number of ether oxygens (including phenoxy) is 2. The van der Waals surface area contributed by atoms with Crippen molar-refractivity contribution in [2.45, 2.75) is 82.3 Å². The first-order valence-corrected chi connectivity index (χ1v) is 20.5. The molecule has 5 aromatic rings. The van der Waals surface area contributed by atoms with Crippen LogP contribution in [0.5, 0.6) is 5.75 Å². The van der Waals surface area contributed by atoms with Gasteiger partial charge in [-0.1, -0.05) is 65.3 Å². The van der Waals surface area contributed by atoms with Crippen LogP contribution < -0.4 is 9.64 Å². The summed E-state index contributed by atoms with van der Waals surface area (Å²) >= 11 is 1.33. The molecule has 50 heavy (non-hydrogen) atoms. The van der Waals surface area contributed by atoms with Crippen molar-refractivity contribution in [3.8, 4) is 28.5 Å². The third-order valence-corrected chi connectivity index (χ3v) is 17.0. The van der Waals surface area contributed by atoms with E-state index in [1.165, 1.54) is 24.9 Å². The average molecular weight is 715 g/mol. The van der Waals surface area contributed by atoms with E-state index in [0.29, 0.717) is 61.6 Å². The Kier molecular flexibility index (Phi) is 10.5. The number of methoxy groups -OCH3 is 1. The third-order valence-electron chi connectivity index (χ3n) is 10.1. The second-order valence-corrected chi connectivity index (χ2v) is 20.1. The number of hydrogen-bond donors (Lipinski definition) is 0. The van der Waals surface area contributed by atoms with E-state index in [1.54, 1.807) is 24.5 Å². The fourth-order valence-electron chi connectivity index (χ4n) is 7.59. The van der Waals surface area contributed by atoms with Gasteiger partial charge < -0.3 is 14.4 Å². The largest absolute Gasteiger partial charge is 0.468 e. The summed E-state index contributed by atoms with van der Waals surface area (Å²) in [4.78, 5) is 16.3. The summed E-state index contributed by atoms with van der Waals surface area (Å²) in [7, 11) is -0.718. The molecular weight excluding hydrogens is 671 g/mol. The molecule has 2 aromatic carbocycles. The number of fused-ring (bicyclic) bond motifs is 2. The fraction of sp³-hybridized carbons (Fsp3) is 0.421. The van der Waals surface area contributed by atoms with Gasteiger partial charge in [-0.15, -0.1) is 5.54 Å². The summed E-state index contributed by atoms with van der Waals surface area (Å²) in [6.07, 6.45) is 8.10. The lowest BCUT2D eigenvalue weighted by Crippen LogP contribution is -2.50. The summed E-state index contributed by atoms with van der Waals surface area (Å²) in [5, 5.41) is 6.48. The molecule has 3 aromatic heterocycles. The van der Waals surface area contributed by atoms with Gasteiger partial charge in [0.2, 0.25) is 0 Å². The van der Waals surface area contributed by atoms with Crippen molar-refractivity contribution in [1.29, 1.82) is 0 Å². The zero-order valence-electron chi connectivity index (χ0n) is 29.9. The number of nitrogens with zero attached hydrogens (tertiary/aromatic N) is 6. The number of hydrogen-bond acceptors (Lipinski definition) is 8. The van der Waals surface area contributed by atoms with Crippen molar-refractivity contribution < 1.29 is 18.3 Å². The summed E-state index contributed by atoms with van der Waals surface area (Å²) in [6, 6.07) is 8.60. The van der Waals surface area contributed by atoms with E-state index in [2.05, 4.69) is 73.0 Å². The van der Waals surface area contributed by atoms with Gasteiger partial charge in [0, 0.05) is 43.2 Å². The van der Waals surface area contributed by atoms with Crippen molar-refractivity contribution in [2.75, 3.05) is 31.6 Å². The molecule has 0 radical (unpaired) electrons. The molecule has 4 heterocycles. The quantitative estimate of drug-likeness (QED) is 0.0442. The second-order valence-electron chi connectivity index (χ2n) is 13.8. The molecule has 1 aliphatic heterocycles. The molecular formula is C38H44F2N6O2SSi. The Balaban J connectivity index is 1.65. The zero-order chi connectivity index (χ0) is 35.7. The standard InChI is InChI=1S/C38H44F2N6O2SSi/c1-23(2)50(24(3)4,25(5)6)17-13-29-32(39)11-10-26-18-28(48-22-47-7)19-30(33(26)29)35-34(40)36-31(20-41-38(44-36)49-8)37(43-35)46-16-12-27(46)21-45-15-9-14-42-45/h9-11,14-15,18-20,23-25,27H,12,16,21-22H2,1-8H3/t27-/m1/s1. The average Bonchev–Trinajstić information content (AvgIpc) is 3.60. The predicted molar refractivity (Wildman–Crippen MR) is 200 cm³/mol. The predicted octanol–water partition coefficient (Wildman–Crippen LogP) is 8.87. The molecule has 0 unspecified atom stereocenters. The van der Waals surface area contributed by atoms with E-state index in [-0.39, 0.29) is 29.6 Å². The molecule has 0 spiro atoms. The van der Waals surface area contributed by atoms with Crippen LogP contribution in [0.3, 0.4) is 0 Å². The summed E-state index contributed by atoms with van der Waals surface area (Å²) < 4.78 is 46.2. The molecule has 262 valence electrons. The van der Waals surface area contributed by atoms with Crippen molar-refractivity contribution in [3.05, 3.63) is 66.1 Å². The Morgan fingerprint density at radius 3 is 2.44 bits per heavy atom. The van der Waals surface area contributed by atoms with E-state index < -0.39 is 19.7 Å². The number of aromatic nitrogens is 5. The van der Waals surface area contributed by atoms with Crippen LogP contribution in [0.15, 0.2) is 54.1 Å². The first-order valence-electron chi connectivity index (χ1n) is 17.1. The van der Waals surface area contributed by atoms with Crippen LogP contribution in [0.2, 0.25) is 16.6 Å². The van der Waals surface area contributed by atoms with Crippen LogP contribution in [-0.4, -0.2) is 65.6 Å². The highest BCUT2D eigenvalue weighted by Crippen LogP contribution is 2.43. The maximum Gasteiger partial charge on any atom is 0.188 e. The number of rotatable bonds is 11. The Hall–Kier alpha value is -4.05. The molecule has 0 saturated carbocycles. The number of halogens is 2. The Morgan fingerprint density at radius 1 is 1.06 bits per heavy atom. The van der Waals surface area contributed by atoms with E-state index in [0.717, 1.165) is 13.0 Å². The van der Waals surface area contributed by atoms with E-state index in [1.807, 2.05) is 29.3 Å². The maximum atomic E-state index is 17.1. The molecule has 1 fully saturated rings. The van der Waals surface area contributed by atoms with Gasteiger partial charge in [-0.25, -0.2) is 23.7 Å². The first-order chi connectivity index (χ1) is 24.0. The number of pyridine rings is 1. The van der Waals surface area contributed by atoms with Crippen molar-refractivity contribution in [3.63, 3.8) is 0 Å². The first kappa shape index (κ1) is 35.8. The highest BCUT2D eigenvalue weighted by atomic mass is 32.2. The van der Waals surface area contributed by atoms with E-state index in [4.69, 9.17) is 14.5 Å². The lowest BCUT2D eigenvalue weighted by molar-refractivity contribution is 0.0512. The van der Waals surface area contributed by atoms with Gasteiger partial charge in [0.05, 0.1) is 23.5 Å². The molecule has 8 nitrogen and oxygen atoms in total. The second kappa shape index (κ2) is 14.7. The molecule has 1 saturated heterocycles. The minimum atomic E-state index is -2.25. The molecule has 12 heteroatoms. The molecule has 0 N–H and O–H groups in total. The van der Waals surface area contributed by atoms with Crippen LogP contribution in [0.25, 0.3) is 32.9 Å². The highest BCUT2D eigenvalue weighted by molar-refractivity contribution is 7.98. The van der Waals surface area contributed by atoms with E-state index in [9.17, 15) is 0 Å². The molecule has 0 bridgehead atoms. The van der Waals surface area contributed by atoms with Crippen molar-refractivity contribution in [1.82, 2.24) is 24.7 Å². The van der Waals surface area contributed by atoms with Crippen LogP contribution in [0, 0.1) is 23.1 Å². The lowest BCUT2D eigenvalue weighted by atomic mass is 9.95. The van der Waals surface area contributed by atoms with Crippen LogP contribution >= 0.6 is 11.8 Å². The highest BCUT2D eigenvalue weighted by Gasteiger charge is 2.42. The van der Waals surface area contributed by atoms with Crippen LogP contribution in [0.1, 0.15) is 53.5 Å². The van der Waals surface area contributed by atoms with Gasteiger partial charge in [0.25, 0.3) is 0 Å². The van der Waals surface area contributed by atoms with Crippen molar-refractivity contribution in [2.24, 2.45) is 0 Å². The summed E-state index contributed by atoms with van der Waals surface area (Å²) in [5.41, 5.74) is 5.53. The van der Waals surface area contributed by atoms with Crippen LogP contribution in [0.4, 0.5) is 14.6 Å². The molecule has 6 rings (SSSR count). The van der Waals surface area contributed by atoms with Gasteiger partial charge >= 0.3 is 0 Å². The van der Waals surface area contributed by atoms with Gasteiger partial charge in [0.1, 0.15) is 36.7 Å². The normalized spacial score (nSPS) is 14.9. The van der Waals surface area contributed by atoms with Gasteiger partial charge in [0.15, 0.2) is 17.8 Å². The monoisotopic (exact) mass is 714 g/mol. The smallest absolute Gasteiger partial charge is 0.188 e. The summed E-state index contributed by atoms with van der Waals surface area (Å²) in [6.45, 7) is 14.7. The molecule has 0 amide bonds. The van der Waals surface area contributed by atoms with Gasteiger partial charge in [-0.3, -0.25) is 4.68 Å².